The van der Waals surface area contributed by atoms with Gasteiger partial charge in [0, 0.05) is 31.9 Å². The second-order valence-corrected chi connectivity index (χ2v) is 6.65. The molecule has 1 saturated heterocycles. The summed E-state index contributed by atoms with van der Waals surface area (Å²) >= 11 is 0. The predicted molar refractivity (Wildman–Crippen MR) is 105 cm³/mol. The van der Waals surface area contributed by atoms with Crippen LogP contribution in [0.5, 0.6) is 5.75 Å². The lowest BCUT2D eigenvalue weighted by Crippen LogP contribution is -2.51. The Morgan fingerprint density at radius 2 is 1.79 bits per heavy atom. The van der Waals surface area contributed by atoms with Crippen molar-refractivity contribution in [1.29, 1.82) is 0 Å². The number of methoxy groups -OCH3 is 1. The second kappa shape index (κ2) is 9.21. The average molecular weight is 385 g/mol. The van der Waals surface area contributed by atoms with Gasteiger partial charge in [-0.15, -0.1) is 0 Å². The molecule has 0 aromatic heterocycles. The second-order valence-electron chi connectivity index (χ2n) is 6.65. The van der Waals surface area contributed by atoms with Crippen molar-refractivity contribution in [3.05, 3.63) is 59.9 Å². The van der Waals surface area contributed by atoms with E-state index in [-0.39, 0.29) is 30.6 Å². The molecule has 28 heavy (non-hydrogen) atoms. The molecule has 0 unspecified atom stereocenters. The van der Waals surface area contributed by atoms with Crippen molar-refractivity contribution < 1.29 is 18.7 Å². The van der Waals surface area contributed by atoms with Crippen LogP contribution in [0.25, 0.3) is 0 Å². The van der Waals surface area contributed by atoms with Gasteiger partial charge >= 0.3 is 0 Å². The lowest BCUT2D eigenvalue weighted by Gasteiger charge is -2.36. The summed E-state index contributed by atoms with van der Waals surface area (Å²) in [5.74, 6) is 0.0282. The Morgan fingerprint density at radius 3 is 2.43 bits per heavy atom. The standard InChI is InChI=1S/C21H24FN3O3/c1-28-19-7-5-18(6-8-19)24-9-11-25(12-10-24)21(27)15-23-20(26)14-16-3-2-4-17(22)13-16/h2-8,13H,9-12,14-15H2,1H3,(H,23,26). The van der Waals surface area contributed by atoms with Gasteiger partial charge in [0.05, 0.1) is 20.1 Å². The van der Waals surface area contributed by atoms with Crippen molar-refractivity contribution in [2.45, 2.75) is 6.42 Å². The number of hydrogen-bond acceptors (Lipinski definition) is 4. The fourth-order valence-electron chi connectivity index (χ4n) is 3.19. The van der Waals surface area contributed by atoms with E-state index in [4.69, 9.17) is 4.74 Å². The van der Waals surface area contributed by atoms with Crippen LogP contribution in [0.3, 0.4) is 0 Å². The molecule has 1 fully saturated rings. The van der Waals surface area contributed by atoms with Gasteiger partial charge in [-0.25, -0.2) is 4.39 Å². The SMILES string of the molecule is COc1ccc(N2CCN(C(=O)CNC(=O)Cc3cccc(F)c3)CC2)cc1. The molecule has 0 atom stereocenters. The van der Waals surface area contributed by atoms with Crippen LogP contribution in [0.15, 0.2) is 48.5 Å². The number of anilines is 1. The maximum atomic E-state index is 13.2. The van der Waals surface area contributed by atoms with Gasteiger partial charge in [0.1, 0.15) is 11.6 Å². The minimum atomic E-state index is -0.379. The molecule has 3 rings (SSSR count). The van der Waals surface area contributed by atoms with Crippen LogP contribution in [0.1, 0.15) is 5.56 Å². The molecule has 6 nitrogen and oxygen atoms in total. The lowest BCUT2D eigenvalue weighted by atomic mass is 10.1. The summed E-state index contributed by atoms with van der Waals surface area (Å²) in [6.07, 6.45) is 0.0519. The van der Waals surface area contributed by atoms with Crippen LogP contribution in [-0.4, -0.2) is 56.5 Å². The van der Waals surface area contributed by atoms with E-state index in [1.807, 2.05) is 24.3 Å². The molecule has 0 radical (unpaired) electrons. The molecular weight excluding hydrogens is 361 g/mol. The third-order valence-electron chi connectivity index (χ3n) is 4.76. The molecule has 1 aliphatic rings. The summed E-state index contributed by atoms with van der Waals surface area (Å²) in [5, 5.41) is 2.62. The fraction of sp³-hybridized carbons (Fsp3) is 0.333. The largest absolute Gasteiger partial charge is 0.497 e. The quantitative estimate of drug-likeness (QED) is 0.824. The Kier molecular flexibility index (Phi) is 6.47. The van der Waals surface area contributed by atoms with Gasteiger partial charge in [-0.05, 0) is 42.0 Å². The summed E-state index contributed by atoms with van der Waals surface area (Å²) in [7, 11) is 1.64. The van der Waals surface area contributed by atoms with Crippen LogP contribution < -0.4 is 15.0 Å². The van der Waals surface area contributed by atoms with E-state index in [1.165, 1.54) is 12.1 Å². The summed E-state index contributed by atoms with van der Waals surface area (Å²) in [6, 6.07) is 13.7. The molecule has 0 aliphatic carbocycles. The summed E-state index contributed by atoms with van der Waals surface area (Å²) < 4.78 is 18.3. The number of benzene rings is 2. The first-order valence-electron chi connectivity index (χ1n) is 9.23. The van der Waals surface area contributed by atoms with Crippen molar-refractivity contribution in [3.8, 4) is 5.75 Å². The number of carbonyl (C=O) groups excluding carboxylic acids is 2. The number of hydrogen-bond donors (Lipinski definition) is 1. The van der Waals surface area contributed by atoms with Gasteiger partial charge in [0.15, 0.2) is 0 Å². The van der Waals surface area contributed by atoms with Crippen LogP contribution in [0.4, 0.5) is 10.1 Å². The topological polar surface area (TPSA) is 61.9 Å². The number of nitrogens with one attached hydrogen (secondary N) is 1. The molecule has 2 aromatic carbocycles. The highest BCUT2D eigenvalue weighted by Crippen LogP contribution is 2.20. The normalized spacial score (nSPS) is 13.9. The van der Waals surface area contributed by atoms with Crippen molar-refractivity contribution in [2.24, 2.45) is 0 Å². The van der Waals surface area contributed by atoms with Crippen molar-refractivity contribution in [2.75, 3.05) is 44.7 Å². The van der Waals surface area contributed by atoms with E-state index in [0.29, 0.717) is 18.7 Å². The highest BCUT2D eigenvalue weighted by Gasteiger charge is 2.21. The Balaban J connectivity index is 1.42. The smallest absolute Gasteiger partial charge is 0.242 e. The highest BCUT2D eigenvalue weighted by atomic mass is 19.1. The predicted octanol–water partition coefficient (Wildman–Crippen LogP) is 1.84. The number of carbonyl (C=O) groups is 2. The number of amides is 2. The summed E-state index contributed by atoms with van der Waals surface area (Å²) in [5.41, 5.74) is 1.68. The minimum absolute atomic E-state index is 0.0450. The molecule has 1 aliphatic heterocycles. The van der Waals surface area contributed by atoms with Gasteiger partial charge < -0.3 is 19.9 Å². The van der Waals surface area contributed by atoms with Crippen LogP contribution in [-0.2, 0) is 16.0 Å². The first-order valence-corrected chi connectivity index (χ1v) is 9.23. The van der Waals surface area contributed by atoms with Gasteiger partial charge in [-0.1, -0.05) is 12.1 Å². The zero-order valence-corrected chi connectivity index (χ0v) is 15.9. The van der Waals surface area contributed by atoms with Gasteiger partial charge in [-0.2, -0.15) is 0 Å². The van der Waals surface area contributed by atoms with E-state index in [1.54, 1.807) is 24.1 Å². The van der Waals surface area contributed by atoms with Crippen LogP contribution in [0, 0.1) is 5.82 Å². The maximum absolute atomic E-state index is 13.2. The highest BCUT2D eigenvalue weighted by molar-refractivity contribution is 5.85. The number of piperazine rings is 1. The molecule has 2 amide bonds. The lowest BCUT2D eigenvalue weighted by molar-refractivity contribution is -0.133. The minimum Gasteiger partial charge on any atom is -0.497 e. The zero-order chi connectivity index (χ0) is 19.9. The van der Waals surface area contributed by atoms with E-state index < -0.39 is 0 Å². The van der Waals surface area contributed by atoms with Gasteiger partial charge in [0.25, 0.3) is 0 Å². The molecule has 7 heteroatoms. The molecule has 0 saturated carbocycles. The Bertz CT molecular complexity index is 818. The third-order valence-corrected chi connectivity index (χ3v) is 4.76. The zero-order valence-electron chi connectivity index (χ0n) is 15.9. The molecule has 1 heterocycles. The molecule has 2 aromatic rings. The average Bonchev–Trinajstić information content (AvgIpc) is 2.72. The Hall–Kier alpha value is -3.09. The number of rotatable bonds is 6. The van der Waals surface area contributed by atoms with Crippen molar-refractivity contribution in [1.82, 2.24) is 10.2 Å². The van der Waals surface area contributed by atoms with Crippen LogP contribution in [0.2, 0.25) is 0 Å². The number of halogens is 1. The first kappa shape index (κ1) is 19.7. The van der Waals surface area contributed by atoms with Gasteiger partial charge in [0.2, 0.25) is 11.8 Å². The first-order chi connectivity index (χ1) is 13.5. The molecule has 0 spiro atoms. The van der Waals surface area contributed by atoms with E-state index in [0.717, 1.165) is 24.5 Å². The summed E-state index contributed by atoms with van der Waals surface area (Å²) in [4.78, 5) is 28.3. The van der Waals surface area contributed by atoms with E-state index in [2.05, 4.69) is 10.2 Å². The van der Waals surface area contributed by atoms with Crippen molar-refractivity contribution in [3.63, 3.8) is 0 Å². The van der Waals surface area contributed by atoms with Crippen LogP contribution >= 0.6 is 0 Å². The molecule has 148 valence electrons. The fourth-order valence-corrected chi connectivity index (χ4v) is 3.19. The summed E-state index contributed by atoms with van der Waals surface area (Å²) in [6.45, 7) is 2.62. The van der Waals surface area contributed by atoms with E-state index in [9.17, 15) is 14.0 Å². The third kappa shape index (κ3) is 5.22. The Morgan fingerprint density at radius 1 is 1.07 bits per heavy atom. The van der Waals surface area contributed by atoms with Crippen molar-refractivity contribution >= 4 is 17.5 Å². The molecule has 0 bridgehead atoms. The van der Waals surface area contributed by atoms with Gasteiger partial charge in [-0.3, -0.25) is 9.59 Å². The van der Waals surface area contributed by atoms with E-state index >= 15 is 0 Å². The number of ether oxygens (including phenoxy) is 1. The molecule has 1 N–H and O–H groups in total. The monoisotopic (exact) mass is 385 g/mol. The number of nitrogens with zero attached hydrogens (tertiary/aromatic N) is 2. The Labute approximate surface area is 163 Å². The molecular formula is C21H24FN3O3. The maximum Gasteiger partial charge on any atom is 0.242 e.